The molecule has 31 heavy (non-hydrogen) atoms. The molecular weight excluding hydrogens is 398 g/mol. The fourth-order valence-electron chi connectivity index (χ4n) is 3.24. The summed E-state index contributed by atoms with van der Waals surface area (Å²) in [4.78, 5) is 39.0. The number of ether oxygens (including phenoxy) is 1. The number of likely N-dealkylation sites (N-methyl/N-ethyl adjacent to an activating group) is 1. The van der Waals surface area contributed by atoms with Gasteiger partial charge in [-0.3, -0.25) is 19.5 Å². The Morgan fingerprint density at radius 2 is 2.19 bits per heavy atom. The molecule has 1 aromatic carbocycles. The van der Waals surface area contributed by atoms with E-state index in [4.69, 9.17) is 4.74 Å². The van der Waals surface area contributed by atoms with Gasteiger partial charge in [-0.1, -0.05) is 18.2 Å². The molecule has 0 saturated carbocycles. The van der Waals surface area contributed by atoms with Gasteiger partial charge in [0, 0.05) is 26.5 Å². The molecule has 0 radical (unpaired) electrons. The number of amides is 2. The Bertz CT molecular complexity index is 1140. The molecule has 0 fully saturated rings. The maximum Gasteiger partial charge on any atom is 0.291 e. The number of nitrogens with zero attached hydrogens (tertiary/aromatic N) is 6. The quantitative estimate of drug-likeness (QED) is 0.615. The minimum Gasteiger partial charge on any atom is -0.487 e. The highest BCUT2D eigenvalue weighted by atomic mass is 16.5. The van der Waals surface area contributed by atoms with Gasteiger partial charge in [-0.15, -0.1) is 5.10 Å². The number of rotatable bonds is 5. The van der Waals surface area contributed by atoms with E-state index in [1.54, 1.807) is 43.3 Å². The number of hydrogen-bond donors (Lipinski definition) is 1. The zero-order valence-electron chi connectivity index (χ0n) is 17.1. The van der Waals surface area contributed by atoms with Crippen molar-refractivity contribution in [3.8, 4) is 5.75 Å². The number of nitrogens with one attached hydrogen (secondary N) is 1. The van der Waals surface area contributed by atoms with E-state index in [2.05, 4.69) is 25.4 Å². The van der Waals surface area contributed by atoms with Crippen molar-refractivity contribution in [2.24, 2.45) is 4.99 Å². The van der Waals surface area contributed by atoms with Gasteiger partial charge >= 0.3 is 0 Å². The fraction of sp³-hybridized carbons (Fsp3) is 0.238. The van der Waals surface area contributed by atoms with Crippen molar-refractivity contribution in [3.05, 3.63) is 65.9 Å². The van der Waals surface area contributed by atoms with Crippen LogP contribution >= 0.6 is 0 Å². The van der Waals surface area contributed by atoms with Gasteiger partial charge in [-0.25, -0.2) is 14.6 Å². The second-order valence-electron chi connectivity index (χ2n) is 6.96. The largest absolute Gasteiger partial charge is 0.487 e. The van der Waals surface area contributed by atoms with Crippen LogP contribution in [0.3, 0.4) is 0 Å². The van der Waals surface area contributed by atoms with Crippen molar-refractivity contribution in [1.82, 2.24) is 25.1 Å². The smallest absolute Gasteiger partial charge is 0.291 e. The number of hydrogen-bond acceptors (Lipinski definition) is 7. The van der Waals surface area contributed by atoms with Crippen LogP contribution < -0.4 is 15.0 Å². The van der Waals surface area contributed by atoms with Crippen LogP contribution in [0, 0.1) is 0 Å². The van der Waals surface area contributed by atoms with E-state index in [0.29, 0.717) is 18.1 Å². The summed E-state index contributed by atoms with van der Waals surface area (Å²) >= 11 is 0. The lowest BCUT2D eigenvalue weighted by atomic mass is 10.1. The molecule has 3 aromatic rings. The maximum atomic E-state index is 12.7. The van der Waals surface area contributed by atoms with Crippen molar-refractivity contribution in [2.45, 2.75) is 12.6 Å². The zero-order valence-corrected chi connectivity index (χ0v) is 17.1. The number of aromatic nitrogens is 4. The summed E-state index contributed by atoms with van der Waals surface area (Å²) in [6.45, 7) is 0.431. The number of aliphatic imine (C=N–C) groups is 1. The van der Waals surface area contributed by atoms with Gasteiger partial charge in [0.25, 0.3) is 11.8 Å². The van der Waals surface area contributed by atoms with Gasteiger partial charge in [0.05, 0.1) is 6.54 Å². The van der Waals surface area contributed by atoms with Crippen molar-refractivity contribution >= 4 is 23.8 Å². The summed E-state index contributed by atoms with van der Waals surface area (Å²) in [6, 6.07) is 10.4. The molecule has 10 heteroatoms. The van der Waals surface area contributed by atoms with E-state index in [1.807, 2.05) is 24.3 Å². The van der Waals surface area contributed by atoms with E-state index in [9.17, 15) is 9.59 Å². The van der Waals surface area contributed by atoms with Gasteiger partial charge in [0.15, 0.2) is 11.6 Å². The molecule has 1 aliphatic rings. The molecule has 1 N–H and O–H groups in total. The average molecular weight is 419 g/mol. The highest BCUT2D eigenvalue weighted by molar-refractivity contribution is 6.01. The zero-order chi connectivity index (χ0) is 21.8. The van der Waals surface area contributed by atoms with Gasteiger partial charge in [0.2, 0.25) is 5.82 Å². The summed E-state index contributed by atoms with van der Waals surface area (Å²) in [5.74, 6) is -0.0315. The van der Waals surface area contributed by atoms with Crippen LogP contribution in [-0.2, 0) is 11.3 Å². The van der Waals surface area contributed by atoms with Gasteiger partial charge < -0.3 is 10.1 Å². The Labute approximate surface area is 178 Å². The number of carbonyl (C=O) groups is 2. The van der Waals surface area contributed by atoms with Crippen LogP contribution in [0.1, 0.15) is 21.7 Å². The number of anilines is 1. The van der Waals surface area contributed by atoms with Crippen LogP contribution in [0.25, 0.3) is 0 Å². The van der Waals surface area contributed by atoms with Gasteiger partial charge in [-0.05, 0) is 29.3 Å². The number of pyridine rings is 1. The first-order valence-corrected chi connectivity index (χ1v) is 9.62. The molecule has 2 aromatic heterocycles. The molecule has 0 aliphatic carbocycles. The Morgan fingerprint density at radius 1 is 1.32 bits per heavy atom. The maximum absolute atomic E-state index is 12.7. The predicted octanol–water partition coefficient (Wildman–Crippen LogP) is 0.924. The van der Waals surface area contributed by atoms with Gasteiger partial charge in [0.1, 0.15) is 19.0 Å². The molecule has 2 amide bonds. The fourth-order valence-corrected chi connectivity index (χ4v) is 3.24. The van der Waals surface area contributed by atoms with Gasteiger partial charge in [-0.2, -0.15) is 0 Å². The lowest BCUT2D eigenvalue weighted by Crippen LogP contribution is -2.49. The van der Waals surface area contributed by atoms with Crippen LogP contribution in [0.15, 0.2) is 53.9 Å². The van der Waals surface area contributed by atoms with Crippen molar-refractivity contribution < 1.29 is 14.3 Å². The third-order valence-electron chi connectivity index (χ3n) is 4.72. The van der Waals surface area contributed by atoms with Crippen LogP contribution in [0.2, 0.25) is 0 Å². The SMILES string of the molecule is CN=Cc1cccc(Cn2cnc(C(=O)N[C@H]3COc4cccnc4N(C)C3=O)n2)c1. The van der Waals surface area contributed by atoms with E-state index in [1.165, 1.54) is 11.2 Å². The first kappa shape index (κ1) is 20.2. The second-order valence-corrected chi connectivity index (χ2v) is 6.96. The Morgan fingerprint density at radius 3 is 3.03 bits per heavy atom. The molecule has 1 atom stereocenters. The molecule has 3 heterocycles. The summed E-state index contributed by atoms with van der Waals surface area (Å²) < 4.78 is 7.22. The van der Waals surface area contributed by atoms with E-state index < -0.39 is 11.9 Å². The van der Waals surface area contributed by atoms with Crippen molar-refractivity contribution in [2.75, 3.05) is 25.6 Å². The Kier molecular flexibility index (Phi) is 5.69. The van der Waals surface area contributed by atoms with E-state index in [0.717, 1.165) is 11.1 Å². The Hall–Kier alpha value is -4.08. The Balaban J connectivity index is 1.43. The monoisotopic (exact) mass is 419 g/mol. The topological polar surface area (TPSA) is 115 Å². The number of fused-ring (bicyclic) bond motifs is 1. The van der Waals surface area contributed by atoms with Crippen LogP contribution in [0.5, 0.6) is 5.75 Å². The third kappa shape index (κ3) is 4.42. The lowest BCUT2D eigenvalue weighted by Gasteiger charge is -2.18. The van der Waals surface area contributed by atoms with Crippen molar-refractivity contribution in [1.29, 1.82) is 0 Å². The summed E-state index contributed by atoms with van der Waals surface area (Å²) in [5.41, 5.74) is 1.97. The predicted molar refractivity (Wildman–Crippen MR) is 113 cm³/mol. The summed E-state index contributed by atoms with van der Waals surface area (Å²) in [7, 11) is 3.30. The molecule has 1 aliphatic heterocycles. The molecule has 158 valence electrons. The van der Waals surface area contributed by atoms with Crippen LogP contribution in [0.4, 0.5) is 5.82 Å². The molecule has 4 rings (SSSR count). The van der Waals surface area contributed by atoms with E-state index >= 15 is 0 Å². The standard InChI is InChI=1S/C21H21N7O3/c1-22-10-14-5-3-6-15(9-14)11-28-13-24-18(26-28)20(29)25-16-12-31-17-7-4-8-23-19(17)27(2)21(16)30/h3-10,13,16H,11-12H2,1-2H3,(H,25,29)/t16-/m0/s1. The molecule has 0 saturated heterocycles. The third-order valence-corrected chi connectivity index (χ3v) is 4.72. The van der Waals surface area contributed by atoms with E-state index in [-0.39, 0.29) is 18.3 Å². The molecule has 0 bridgehead atoms. The number of benzene rings is 1. The van der Waals surface area contributed by atoms with Crippen LogP contribution in [-0.4, -0.2) is 64.5 Å². The molecule has 0 spiro atoms. The second kappa shape index (κ2) is 8.74. The minimum atomic E-state index is -0.885. The highest BCUT2D eigenvalue weighted by Crippen LogP contribution is 2.27. The average Bonchev–Trinajstić information content (AvgIpc) is 3.20. The number of carbonyl (C=O) groups excluding carboxylic acids is 2. The molecular formula is C21H21N7O3. The summed E-state index contributed by atoms with van der Waals surface area (Å²) in [5, 5.41) is 6.89. The first-order chi connectivity index (χ1) is 15.0. The van der Waals surface area contributed by atoms with Crippen molar-refractivity contribution in [3.63, 3.8) is 0 Å². The summed E-state index contributed by atoms with van der Waals surface area (Å²) in [6.07, 6.45) is 4.82. The highest BCUT2D eigenvalue weighted by Gasteiger charge is 2.32. The first-order valence-electron chi connectivity index (χ1n) is 9.62. The minimum absolute atomic E-state index is 0.0138. The normalized spacial score (nSPS) is 16.0. The molecule has 10 nitrogen and oxygen atoms in total. The molecule has 0 unspecified atom stereocenters. The lowest BCUT2D eigenvalue weighted by molar-refractivity contribution is -0.120.